The van der Waals surface area contributed by atoms with Gasteiger partial charge < -0.3 is 10.2 Å². The van der Waals surface area contributed by atoms with Crippen molar-refractivity contribution in [3.05, 3.63) is 60.2 Å². The molecule has 0 saturated carbocycles. The Kier molecular flexibility index (Phi) is 7.08. The highest BCUT2D eigenvalue weighted by Gasteiger charge is 2.32. The van der Waals surface area contributed by atoms with Gasteiger partial charge in [-0.2, -0.15) is 0 Å². The van der Waals surface area contributed by atoms with Gasteiger partial charge in [-0.3, -0.25) is 24.5 Å². The largest absolute Gasteiger partial charge is 0.353 e. The van der Waals surface area contributed by atoms with Crippen LogP contribution in [0.3, 0.4) is 0 Å². The van der Waals surface area contributed by atoms with Crippen LogP contribution >= 0.6 is 0 Å². The molecule has 148 valence electrons. The molecule has 2 aromatic rings. The normalized spacial score (nSPS) is 17.2. The first-order chi connectivity index (χ1) is 13.6. The van der Waals surface area contributed by atoms with Crippen LogP contribution in [0.15, 0.2) is 48.9 Å². The highest BCUT2D eigenvalue weighted by molar-refractivity contribution is 5.88. The maximum Gasteiger partial charge on any atom is 0.237 e. The summed E-state index contributed by atoms with van der Waals surface area (Å²) in [6.07, 6.45) is 6.95. The highest BCUT2D eigenvalue weighted by atomic mass is 16.2. The van der Waals surface area contributed by atoms with Gasteiger partial charge in [0, 0.05) is 32.5 Å². The number of nitrogens with zero attached hydrogens (tertiary/aromatic N) is 4. The third-order valence-corrected chi connectivity index (χ3v) is 5.00. The molecule has 7 heteroatoms. The lowest BCUT2D eigenvalue weighted by Gasteiger charge is -2.35. The number of aromatic nitrogens is 2. The average Bonchev–Trinajstić information content (AvgIpc) is 2.72. The Morgan fingerprint density at radius 2 is 2.11 bits per heavy atom. The number of benzene rings is 1. The summed E-state index contributed by atoms with van der Waals surface area (Å²) in [5.74, 6) is -0.132. The van der Waals surface area contributed by atoms with Crippen molar-refractivity contribution in [1.82, 2.24) is 25.1 Å². The Morgan fingerprint density at radius 3 is 2.86 bits per heavy atom. The van der Waals surface area contributed by atoms with E-state index in [2.05, 4.69) is 32.3 Å². The van der Waals surface area contributed by atoms with Gasteiger partial charge in [-0.15, -0.1) is 0 Å². The van der Waals surface area contributed by atoms with Crippen LogP contribution < -0.4 is 5.32 Å². The molecule has 1 aromatic heterocycles. The van der Waals surface area contributed by atoms with E-state index >= 15 is 0 Å². The van der Waals surface area contributed by atoms with Crippen molar-refractivity contribution in [3.8, 4) is 0 Å². The van der Waals surface area contributed by atoms with Crippen LogP contribution in [0.25, 0.3) is 0 Å². The van der Waals surface area contributed by atoms with E-state index in [4.69, 9.17) is 0 Å². The lowest BCUT2D eigenvalue weighted by molar-refractivity contribution is -0.138. The minimum absolute atomic E-state index is 0.0628. The maximum atomic E-state index is 12.7. The van der Waals surface area contributed by atoms with Crippen LogP contribution in [0.4, 0.5) is 0 Å². The lowest BCUT2D eigenvalue weighted by Crippen LogP contribution is -2.56. The molecule has 2 amide bonds. The van der Waals surface area contributed by atoms with Crippen LogP contribution in [-0.4, -0.2) is 64.3 Å². The van der Waals surface area contributed by atoms with Crippen LogP contribution in [0.1, 0.15) is 24.1 Å². The minimum atomic E-state index is -0.415. The van der Waals surface area contributed by atoms with Crippen LogP contribution in [-0.2, 0) is 22.6 Å². The van der Waals surface area contributed by atoms with E-state index in [9.17, 15) is 9.59 Å². The third-order valence-electron chi connectivity index (χ3n) is 5.00. The second-order valence-corrected chi connectivity index (χ2v) is 7.08. The molecule has 1 N–H and O–H groups in total. The van der Waals surface area contributed by atoms with E-state index in [1.54, 1.807) is 30.5 Å². The first-order valence-corrected chi connectivity index (χ1v) is 9.68. The van der Waals surface area contributed by atoms with Gasteiger partial charge in [0.2, 0.25) is 11.8 Å². The zero-order chi connectivity index (χ0) is 19.8. The van der Waals surface area contributed by atoms with Gasteiger partial charge in [-0.1, -0.05) is 30.3 Å². The van der Waals surface area contributed by atoms with Crippen molar-refractivity contribution in [2.75, 3.05) is 26.7 Å². The van der Waals surface area contributed by atoms with Gasteiger partial charge in [0.05, 0.1) is 30.9 Å². The van der Waals surface area contributed by atoms with Crippen LogP contribution in [0.5, 0.6) is 0 Å². The summed E-state index contributed by atoms with van der Waals surface area (Å²) in [7, 11) is 1.73. The van der Waals surface area contributed by atoms with Crippen LogP contribution in [0, 0.1) is 0 Å². The Morgan fingerprint density at radius 1 is 1.29 bits per heavy atom. The minimum Gasteiger partial charge on any atom is -0.353 e. The van der Waals surface area contributed by atoms with Gasteiger partial charge in [0.25, 0.3) is 0 Å². The molecule has 0 spiro atoms. The fourth-order valence-corrected chi connectivity index (χ4v) is 3.45. The van der Waals surface area contributed by atoms with Crippen molar-refractivity contribution in [2.45, 2.75) is 31.8 Å². The summed E-state index contributed by atoms with van der Waals surface area (Å²) >= 11 is 0. The van der Waals surface area contributed by atoms with Gasteiger partial charge >= 0.3 is 0 Å². The number of rotatable bonds is 8. The molecule has 1 atom stereocenters. The molecule has 0 unspecified atom stereocenters. The molecule has 1 saturated heterocycles. The standard InChI is InChI=1S/C21H27N5O2/c1-25(16-18-15-22-9-10-23-18)20(27)14-19-21(28)24-11-13-26(19)12-5-8-17-6-3-2-4-7-17/h2-4,6-7,9-10,15,19H,5,8,11-14,16H2,1H3,(H,24,28)/t19-/m0/s1. The Balaban J connectivity index is 1.54. The molecule has 1 aromatic carbocycles. The predicted molar refractivity (Wildman–Crippen MR) is 106 cm³/mol. The molecule has 28 heavy (non-hydrogen) atoms. The summed E-state index contributed by atoms with van der Waals surface area (Å²) < 4.78 is 0. The van der Waals surface area contributed by atoms with Crippen LogP contribution in [0.2, 0.25) is 0 Å². The van der Waals surface area contributed by atoms with Gasteiger partial charge in [0.1, 0.15) is 0 Å². The van der Waals surface area contributed by atoms with Crippen molar-refractivity contribution in [3.63, 3.8) is 0 Å². The second-order valence-electron chi connectivity index (χ2n) is 7.08. The summed E-state index contributed by atoms with van der Waals surface area (Å²) in [5.41, 5.74) is 2.02. The van der Waals surface area contributed by atoms with Crippen molar-refractivity contribution >= 4 is 11.8 Å². The highest BCUT2D eigenvalue weighted by Crippen LogP contribution is 2.13. The topological polar surface area (TPSA) is 78.4 Å². The Bertz CT molecular complexity index is 769. The second kappa shape index (κ2) is 9.94. The van der Waals surface area contributed by atoms with Gasteiger partial charge in [-0.05, 0) is 24.9 Å². The number of hydrogen-bond acceptors (Lipinski definition) is 5. The zero-order valence-corrected chi connectivity index (χ0v) is 16.3. The smallest absolute Gasteiger partial charge is 0.237 e. The van der Waals surface area contributed by atoms with Gasteiger partial charge in [-0.25, -0.2) is 0 Å². The summed E-state index contributed by atoms with van der Waals surface area (Å²) in [5, 5.41) is 2.89. The van der Waals surface area contributed by atoms with Crippen molar-refractivity contribution in [1.29, 1.82) is 0 Å². The first kappa shape index (κ1) is 19.9. The molecule has 3 rings (SSSR count). The monoisotopic (exact) mass is 381 g/mol. The fraction of sp³-hybridized carbons (Fsp3) is 0.429. The number of carbonyl (C=O) groups is 2. The van der Waals surface area contributed by atoms with E-state index in [1.807, 2.05) is 18.2 Å². The summed E-state index contributed by atoms with van der Waals surface area (Å²) in [6, 6.07) is 9.91. The molecule has 1 aliphatic rings. The van der Waals surface area contributed by atoms with E-state index in [1.165, 1.54) is 5.56 Å². The fourth-order valence-electron chi connectivity index (χ4n) is 3.45. The molecule has 7 nitrogen and oxygen atoms in total. The Labute approximate surface area is 165 Å². The number of amides is 2. The molecule has 1 aliphatic heterocycles. The number of carbonyl (C=O) groups excluding carboxylic acids is 2. The van der Waals surface area contributed by atoms with Crippen molar-refractivity contribution < 1.29 is 9.59 Å². The molecule has 2 heterocycles. The quantitative estimate of drug-likeness (QED) is 0.745. The number of nitrogens with one attached hydrogen (secondary N) is 1. The molecule has 1 fully saturated rings. The molecule has 0 aliphatic carbocycles. The third kappa shape index (κ3) is 5.60. The Hall–Kier alpha value is -2.80. The zero-order valence-electron chi connectivity index (χ0n) is 16.3. The van der Waals surface area contributed by atoms with Gasteiger partial charge in [0.15, 0.2) is 0 Å². The lowest BCUT2D eigenvalue weighted by atomic mass is 10.1. The maximum absolute atomic E-state index is 12.7. The molecular weight excluding hydrogens is 354 g/mol. The van der Waals surface area contributed by atoms with E-state index in [-0.39, 0.29) is 18.2 Å². The van der Waals surface area contributed by atoms with E-state index in [0.717, 1.165) is 31.6 Å². The van der Waals surface area contributed by atoms with E-state index < -0.39 is 6.04 Å². The molecule has 0 bridgehead atoms. The SMILES string of the molecule is CN(Cc1cnccn1)C(=O)C[C@H]1C(=O)NCCN1CCCc1ccccc1. The van der Waals surface area contributed by atoms with Crippen molar-refractivity contribution in [2.24, 2.45) is 0 Å². The molecular formula is C21H27N5O2. The number of hydrogen-bond donors (Lipinski definition) is 1. The predicted octanol–water partition coefficient (Wildman–Crippen LogP) is 1.26. The number of aryl methyl sites for hydroxylation is 1. The first-order valence-electron chi connectivity index (χ1n) is 9.68. The number of piperazine rings is 1. The summed E-state index contributed by atoms with van der Waals surface area (Å²) in [4.78, 5) is 37.0. The molecule has 0 radical (unpaired) electrons. The summed E-state index contributed by atoms with van der Waals surface area (Å²) in [6.45, 7) is 2.58. The van der Waals surface area contributed by atoms with E-state index in [0.29, 0.717) is 13.1 Å². The average molecular weight is 381 g/mol.